The first-order valence-corrected chi connectivity index (χ1v) is 9.56. The minimum absolute atomic E-state index is 0.744. The molecule has 2 aliphatic rings. The largest absolute Gasteiger partial charge is 0.379 e. The average molecular weight is 345 g/mol. The van der Waals surface area contributed by atoms with Gasteiger partial charge in [-0.1, -0.05) is 29.8 Å². The molecule has 0 spiro atoms. The molecule has 0 aromatic heterocycles. The highest BCUT2D eigenvalue weighted by molar-refractivity contribution is 5.80. The molecule has 0 radical (unpaired) electrons. The molecule has 0 bridgehead atoms. The lowest BCUT2D eigenvalue weighted by Gasteiger charge is -2.29. The van der Waals surface area contributed by atoms with E-state index in [9.17, 15) is 0 Å². The summed E-state index contributed by atoms with van der Waals surface area (Å²) in [6.07, 6.45) is 2.29. The highest BCUT2D eigenvalue weighted by Crippen LogP contribution is 2.18. The molecule has 1 aromatic rings. The summed E-state index contributed by atoms with van der Waals surface area (Å²) in [7, 11) is 1.89. The maximum atomic E-state index is 5.45. The van der Waals surface area contributed by atoms with Gasteiger partial charge in [0.05, 0.1) is 13.2 Å². The maximum absolute atomic E-state index is 5.45. The Morgan fingerprint density at radius 3 is 2.68 bits per heavy atom. The van der Waals surface area contributed by atoms with Gasteiger partial charge in [0, 0.05) is 46.3 Å². The second-order valence-corrected chi connectivity index (χ2v) is 7.22. The lowest BCUT2D eigenvalue weighted by molar-refractivity contribution is 0.0315. The zero-order valence-electron chi connectivity index (χ0n) is 15.7. The molecule has 0 saturated carbocycles. The van der Waals surface area contributed by atoms with Crippen molar-refractivity contribution in [3.63, 3.8) is 0 Å². The van der Waals surface area contributed by atoms with Gasteiger partial charge in [0.15, 0.2) is 5.96 Å². The van der Waals surface area contributed by atoms with E-state index in [1.807, 2.05) is 7.05 Å². The number of nitrogens with one attached hydrogen (secondary N) is 1. The van der Waals surface area contributed by atoms with E-state index >= 15 is 0 Å². The summed E-state index contributed by atoms with van der Waals surface area (Å²) in [4.78, 5) is 9.46. The molecular weight excluding hydrogens is 312 g/mol. The Bertz CT molecular complexity index is 551. The summed E-state index contributed by atoms with van der Waals surface area (Å²) < 4.78 is 5.45. The topological polar surface area (TPSA) is 40.1 Å². The van der Waals surface area contributed by atoms with Crippen LogP contribution in [0.25, 0.3) is 0 Å². The standard InChI is InChI=1S/C20H32N4O/c1-17-3-5-18(6-4-17)7-9-22-20(21-2)24-10-8-19(16-24)15-23-11-13-25-14-12-23/h3-6,19H,7-16H2,1-2H3,(H,21,22). The van der Waals surface area contributed by atoms with E-state index in [0.29, 0.717) is 0 Å². The van der Waals surface area contributed by atoms with E-state index in [2.05, 4.69) is 51.3 Å². The fourth-order valence-electron chi connectivity index (χ4n) is 3.73. The van der Waals surface area contributed by atoms with Crippen LogP contribution in [0.3, 0.4) is 0 Å². The lowest BCUT2D eigenvalue weighted by atomic mass is 10.1. The van der Waals surface area contributed by atoms with Crippen molar-refractivity contribution in [3.05, 3.63) is 35.4 Å². The Labute approximate surface area is 152 Å². The van der Waals surface area contributed by atoms with Gasteiger partial charge in [0.25, 0.3) is 0 Å². The number of rotatable bonds is 5. The fraction of sp³-hybridized carbons (Fsp3) is 0.650. The van der Waals surface area contributed by atoms with Crippen molar-refractivity contribution in [1.82, 2.24) is 15.1 Å². The number of ether oxygens (including phenoxy) is 1. The highest BCUT2D eigenvalue weighted by atomic mass is 16.5. The van der Waals surface area contributed by atoms with Gasteiger partial charge in [0.1, 0.15) is 0 Å². The molecular formula is C20H32N4O. The van der Waals surface area contributed by atoms with Crippen molar-refractivity contribution in [2.75, 3.05) is 59.5 Å². The first kappa shape index (κ1) is 18.2. The molecule has 2 saturated heterocycles. The van der Waals surface area contributed by atoms with Gasteiger partial charge in [-0.25, -0.2) is 0 Å². The van der Waals surface area contributed by atoms with Crippen LogP contribution in [0.2, 0.25) is 0 Å². The summed E-state index contributed by atoms with van der Waals surface area (Å²) >= 11 is 0. The van der Waals surface area contributed by atoms with E-state index < -0.39 is 0 Å². The van der Waals surface area contributed by atoms with Gasteiger partial charge >= 0.3 is 0 Å². The van der Waals surface area contributed by atoms with E-state index in [1.54, 1.807) is 0 Å². The number of aliphatic imine (C=N–C) groups is 1. The van der Waals surface area contributed by atoms with Crippen molar-refractivity contribution in [3.8, 4) is 0 Å². The van der Waals surface area contributed by atoms with E-state index in [1.165, 1.54) is 24.1 Å². The third-order valence-corrected chi connectivity index (χ3v) is 5.23. The summed E-state index contributed by atoms with van der Waals surface area (Å²) in [5.41, 5.74) is 2.69. The molecule has 25 heavy (non-hydrogen) atoms. The Hall–Kier alpha value is -1.59. The maximum Gasteiger partial charge on any atom is 0.193 e. The Morgan fingerprint density at radius 2 is 1.96 bits per heavy atom. The first-order chi connectivity index (χ1) is 12.2. The number of morpholine rings is 1. The van der Waals surface area contributed by atoms with E-state index in [-0.39, 0.29) is 0 Å². The highest BCUT2D eigenvalue weighted by Gasteiger charge is 2.26. The molecule has 138 valence electrons. The van der Waals surface area contributed by atoms with Crippen molar-refractivity contribution in [2.45, 2.75) is 19.8 Å². The van der Waals surface area contributed by atoms with Crippen LogP contribution in [0.1, 0.15) is 17.5 Å². The minimum Gasteiger partial charge on any atom is -0.379 e. The number of aryl methyl sites for hydroxylation is 1. The summed E-state index contributed by atoms with van der Waals surface area (Å²) in [6, 6.07) is 8.80. The van der Waals surface area contributed by atoms with Crippen LogP contribution >= 0.6 is 0 Å². The predicted octanol–water partition coefficient (Wildman–Crippen LogP) is 1.77. The number of nitrogens with zero attached hydrogens (tertiary/aromatic N) is 3. The molecule has 1 N–H and O–H groups in total. The quantitative estimate of drug-likeness (QED) is 0.653. The van der Waals surface area contributed by atoms with Gasteiger partial charge in [-0.15, -0.1) is 0 Å². The third kappa shape index (κ3) is 5.44. The normalized spacial score (nSPS) is 22.4. The molecule has 1 aromatic carbocycles. The Kier molecular flexibility index (Phi) is 6.70. The van der Waals surface area contributed by atoms with Gasteiger partial charge < -0.3 is 15.0 Å². The SMILES string of the molecule is CN=C(NCCc1ccc(C)cc1)N1CCC(CN2CCOCC2)C1. The molecule has 1 atom stereocenters. The van der Waals surface area contributed by atoms with Gasteiger partial charge in [0.2, 0.25) is 0 Å². The zero-order valence-corrected chi connectivity index (χ0v) is 15.7. The van der Waals surface area contributed by atoms with Crippen LogP contribution < -0.4 is 5.32 Å². The molecule has 1 unspecified atom stereocenters. The number of benzene rings is 1. The number of hydrogen-bond donors (Lipinski definition) is 1. The number of guanidine groups is 1. The molecule has 2 aliphatic heterocycles. The average Bonchev–Trinajstić information content (AvgIpc) is 3.09. The van der Waals surface area contributed by atoms with Crippen molar-refractivity contribution in [1.29, 1.82) is 0 Å². The van der Waals surface area contributed by atoms with Gasteiger partial charge in [-0.05, 0) is 31.2 Å². The Balaban J connectivity index is 1.41. The van der Waals surface area contributed by atoms with Gasteiger partial charge in [-0.3, -0.25) is 9.89 Å². The molecule has 3 rings (SSSR count). The minimum atomic E-state index is 0.744. The van der Waals surface area contributed by atoms with E-state index in [0.717, 1.165) is 64.2 Å². The van der Waals surface area contributed by atoms with Crippen LogP contribution in [0.15, 0.2) is 29.3 Å². The van der Waals surface area contributed by atoms with Crippen molar-refractivity contribution >= 4 is 5.96 Å². The molecule has 2 fully saturated rings. The summed E-state index contributed by atoms with van der Waals surface area (Å²) in [5, 5.41) is 3.54. The van der Waals surface area contributed by atoms with Crippen LogP contribution in [0.5, 0.6) is 0 Å². The smallest absolute Gasteiger partial charge is 0.193 e. The Morgan fingerprint density at radius 1 is 1.20 bits per heavy atom. The molecule has 2 heterocycles. The number of hydrogen-bond acceptors (Lipinski definition) is 3. The van der Waals surface area contributed by atoms with Crippen LogP contribution in [-0.2, 0) is 11.2 Å². The molecule has 5 nitrogen and oxygen atoms in total. The predicted molar refractivity (Wildman–Crippen MR) is 103 cm³/mol. The molecule has 5 heteroatoms. The third-order valence-electron chi connectivity index (χ3n) is 5.23. The summed E-state index contributed by atoms with van der Waals surface area (Å²) in [6.45, 7) is 10.4. The summed E-state index contributed by atoms with van der Waals surface area (Å²) in [5.74, 6) is 1.80. The lowest BCUT2D eigenvalue weighted by Crippen LogP contribution is -2.42. The second kappa shape index (κ2) is 9.20. The van der Waals surface area contributed by atoms with Crippen molar-refractivity contribution in [2.24, 2.45) is 10.9 Å². The first-order valence-electron chi connectivity index (χ1n) is 9.56. The van der Waals surface area contributed by atoms with Gasteiger partial charge in [-0.2, -0.15) is 0 Å². The van der Waals surface area contributed by atoms with E-state index in [4.69, 9.17) is 4.74 Å². The monoisotopic (exact) mass is 344 g/mol. The molecule has 0 amide bonds. The fourth-order valence-corrected chi connectivity index (χ4v) is 3.73. The van der Waals surface area contributed by atoms with Crippen molar-refractivity contribution < 1.29 is 4.74 Å². The van der Waals surface area contributed by atoms with Crippen LogP contribution in [0.4, 0.5) is 0 Å². The van der Waals surface area contributed by atoms with Crippen LogP contribution in [-0.4, -0.2) is 75.3 Å². The zero-order chi connectivity index (χ0) is 17.5. The molecule has 0 aliphatic carbocycles. The number of likely N-dealkylation sites (tertiary alicyclic amines) is 1. The van der Waals surface area contributed by atoms with Crippen LogP contribution in [0, 0.1) is 12.8 Å². The second-order valence-electron chi connectivity index (χ2n) is 7.22.